The molecule has 0 aromatic heterocycles. The van der Waals surface area contributed by atoms with Gasteiger partial charge in [-0.1, -0.05) is 23.7 Å². The van der Waals surface area contributed by atoms with Crippen molar-refractivity contribution >= 4 is 21.6 Å². The molecule has 0 bridgehead atoms. The maximum atomic E-state index is 12.7. The Labute approximate surface area is 153 Å². The molecule has 25 heavy (non-hydrogen) atoms. The highest BCUT2D eigenvalue weighted by atomic mass is 35.5. The molecule has 3 rings (SSSR count). The van der Waals surface area contributed by atoms with E-state index in [1.54, 1.807) is 36.4 Å². The van der Waals surface area contributed by atoms with Gasteiger partial charge in [0.15, 0.2) is 0 Å². The Bertz CT molecular complexity index is 816. The molecule has 1 heterocycles. The first-order valence-electron chi connectivity index (χ1n) is 8.23. The molecule has 0 saturated carbocycles. The second-order valence-electron chi connectivity index (χ2n) is 6.09. The predicted molar refractivity (Wildman–Crippen MR) is 98.5 cm³/mol. The van der Waals surface area contributed by atoms with Gasteiger partial charge in [0.25, 0.3) is 0 Å². The van der Waals surface area contributed by atoms with Gasteiger partial charge in [-0.2, -0.15) is 4.31 Å². The number of piperidine rings is 1. The Morgan fingerprint density at radius 1 is 1.08 bits per heavy atom. The quantitative estimate of drug-likeness (QED) is 0.861. The van der Waals surface area contributed by atoms with Gasteiger partial charge in [0.1, 0.15) is 11.5 Å². The van der Waals surface area contributed by atoms with Gasteiger partial charge in [0, 0.05) is 13.1 Å². The van der Waals surface area contributed by atoms with Gasteiger partial charge in [-0.05, 0) is 61.7 Å². The lowest BCUT2D eigenvalue weighted by atomic mass is 9.99. The van der Waals surface area contributed by atoms with Gasteiger partial charge in [-0.15, -0.1) is 0 Å². The number of hydrogen-bond donors (Lipinski definition) is 1. The van der Waals surface area contributed by atoms with Crippen LogP contribution < -0.4 is 10.5 Å². The number of rotatable bonds is 5. The molecule has 7 heteroatoms. The number of sulfonamides is 1. The fourth-order valence-electron chi connectivity index (χ4n) is 2.87. The van der Waals surface area contributed by atoms with Crippen LogP contribution in [0.25, 0.3) is 0 Å². The number of para-hydroxylation sites is 1. The van der Waals surface area contributed by atoms with Crippen molar-refractivity contribution < 1.29 is 13.2 Å². The average molecular weight is 381 g/mol. The van der Waals surface area contributed by atoms with Crippen molar-refractivity contribution in [2.24, 2.45) is 11.7 Å². The van der Waals surface area contributed by atoms with Crippen molar-refractivity contribution in [2.75, 3.05) is 19.6 Å². The molecule has 1 aliphatic rings. The first-order valence-corrected chi connectivity index (χ1v) is 10.0. The number of halogens is 1. The van der Waals surface area contributed by atoms with E-state index in [2.05, 4.69) is 0 Å². The van der Waals surface area contributed by atoms with Gasteiger partial charge in [0.05, 0.1) is 9.92 Å². The minimum atomic E-state index is -3.48. The van der Waals surface area contributed by atoms with Gasteiger partial charge in [-0.3, -0.25) is 0 Å². The van der Waals surface area contributed by atoms with E-state index in [4.69, 9.17) is 22.1 Å². The van der Waals surface area contributed by atoms with E-state index in [1.807, 2.05) is 12.1 Å². The summed E-state index contributed by atoms with van der Waals surface area (Å²) in [6.07, 6.45) is 1.62. The molecule has 1 fully saturated rings. The minimum Gasteiger partial charge on any atom is -0.456 e. The standard InChI is InChI=1S/C18H21ClN2O3S/c19-17-3-1-2-4-18(17)24-15-5-7-16(8-6-15)25(22,23)21-11-9-14(13-20)10-12-21/h1-8,14H,9-13,20H2. The van der Waals surface area contributed by atoms with E-state index in [0.29, 0.717) is 42.1 Å². The molecule has 0 amide bonds. The molecular formula is C18H21ClN2O3S. The molecule has 0 unspecified atom stereocenters. The van der Waals surface area contributed by atoms with Crippen LogP contribution in [0.15, 0.2) is 53.4 Å². The topological polar surface area (TPSA) is 72.6 Å². The van der Waals surface area contributed by atoms with Crippen molar-refractivity contribution in [3.8, 4) is 11.5 Å². The van der Waals surface area contributed by atoms with Gasteiger partial charge < -0.3 is 10.5 Å². The molecule has 2 N–H and O–H groups in total. The number of benzene rings is 2. The van der Waals surface area contributed by atoms with Crippen LogP contribution in [0.2, 0.25) is 5.02 Å². The number of nitrogens with zero attached hydrogens (tertiary/aromatic N) is 1. The van der Waals surface area contributed by atoms with Crippen LogP contribution in [-0.4, -0.2) is 32.4 Å². The lowest BCUT2D eigenvalue weighted by Gasteiger charge is -2.30. The first-order chi connectivity index (χ1) is 12.0. The zero-order chi connectivity index (χ0) is 17.9. The van der Waals surface area contributed by atoms with Crippen molar-refractivity contribution in [1.29, 1.82) is 0 Å². The molecule has 0 radical (unpaired) electrons. The second-order valence-corrected chi connectivity index (χ2v) is 8.43. The van der Waals surface area contributed by atoms with Crippen LogP contribution in [-0.2, 0) is 10.0 Å². The summed E-state index contributed by atoms with van der Waals surface area (Å²) in [5.74, 6) is 1.48. The second kappa shape index (κ2) is 7.74. The average Bonchev–Trinajstić information content (AvgIpc) is 2.64. The third-order valence-electron chi connectivity index (χ3n) is 4.43. The maximum absolute atomic E-state index is 12.7. The van der Waals surface area contributed by atoms with E-state index in [-0.39, 0.29) is 4.90 Å². The molecule has 134 valence electrons. The molecule has 2 aromatic rings. The summed E-state index contributed by atoms with van der Waals surface area (Å²) in [5, 5.41) is 0.502. The van der Waals surface area contributed by atoms with Crippen LogP contribution in [0.4, 0.5) is 0 Å². The fraction of sp³-hybridized carbons (Fsp3) is 0.333. The molecule has 5 nitrogen and oxygen atoms in total. The summed E-state index contributed by atoms with van der Waals surface area (Å²) in [5.41, 5.74) is 5.67. The third-order valence-corrected chi connectivity index (χ3v) is 6.66. The normalized spacial score (nSPS) is 16.7. The molecule has 1 saturated heterocycles. The lowest BCUT2D eigenvalue weighted by Crippen LogP contribution is -2.39. The largest absolute Gasteiger partial charge is 0.456 e. The Kier molecular flexibility index (Phi) is 5.64. The highest BCUT2D eigenvalue weighted by Crippen LogP contribution is 2.30. The summed E-state index contributed by atoms with van der Waals surface area (Å²) >= 11 is 6.07. The number of nitrogens with two attached hydrogens (primary N) is 1. The first kappa shape index (κ1) is 18.2. The van der Waals surface area contributed by atoms with Crippen LogP contribution in [0.3, 0.4) is 0 Å². The molecule has 0 aliphatic carbocycles. The smallest absolute Gasteiger partial charge is 0.243 e. The van der Waals surface area contributed by atoms with E-state index in [1.165, 1.54) is 4.31 Å². The molecular weight excluding hydrogens is 360 g/mol. The Balaban J connectivity index is 1.72. The Morgan fingerprint density at radius 3 is 2.32 bits per heavy atom. The van der Waals surface area contributed by atoms with Crippen LogP contribution in [0.5, 0.6) is 11.5 Å². The summed E-state index contributed by atoms with van der Waals surface area (Å²) in [6, 6.07) is 13.6. The predicted octanol–water partition coefficient (Wildman–Crippen LogP) is 3.49. The zero-order valence-electron chi connectivity index (χ0n) is 13.8. The summed E-state index contributed by atoms with van der Waals surface area (Å²) in [4.78, 5) is 0.269. The number of ether oxygens (including phenoxy) is 1. The SMILES string of the molecule is NCC1CCN(S(=O)(=O)c2ccc(Oc3ccccc3Cl)cc2)CC1. The monoisotopic (exact) mass is 380 g/mol. The van der Waals surface area contributed by atoms with Gasteiger partial charge in [-0.25, -0.2) is 8.42 Å². The highest BCUT2D eigenvalue weighted by molar-refractivity contribution is 7.89. The van der Waals surface area contributed by atoms with Crippen molar-refractivity contribution in [2.45, 2.75) is 17.7 Å². The van der Waals surface area contributed by atoms with Crippen molar-refractivity contribution in [3.63, 3.8) is 0 Å². The van der Waals surface area contributed by atoms with Crippen LogP contribution in [0, 0.1) is 5.92 Å². The maximum Gasteiger partial charge on any atom is 0.243 e. The summed E-state index contributed by atoms with van der Waals surface area (Å²) in [6.45, 7) is 1.64. The Hall–Kier alpha value is -1.60. The van der Waals surface area contributed by atoms with E-state index in [9.17, 15) is 8.42 Å². The fourth-order valence-corrected chi connectivity index (χ4v) is 4.51. The molecule has 0 atom stereocenters. The Morgan fingerprint density at radius 2 is 1.72 bits per heavy atom. The van der Waals surface area contributed by atoms with Crippen molar-refractivity contribution in [3.05, 3.63) is 53.6 Å². The van der Waals surface area contributed by atoms with Crippen LogP contribution in [0.1, 0.15) is 12.8 Å². The number of hydrogen-bond acceptors (Lipinski definition) is 4. The minimum absolute atomic E-state index is 0.269. The van der Waals surface area contributed by atoms with E-state index < -0.39 is 10.0 Å². The molecule has 0 spiro atoms. The van der Waals surface area contributed by atoms with Crippen molar-refractivity contribution in [1.82, 2.24) is 4.31 Å². The van der Waals surface area contributed by atoms with Gasteiger partial charge in [0.2, 0.25) is 10.0 Å². The zero-order valence-corrected chi connectivity index (χ0v) is 15.3. The molecule has 1 aliphatic heterocycles. The highest BCUT2D eigenvalue weighted by Gasteiger charge is 2.28. The summed E-state index contributed by atoms with van der Waals surface area (Å²) in [7, 11) is -3.48. The van der Waals surface area contributed by atoms with E-state index in [0.717, 1.165) is 12.8 Å². The van der Waals surface area contributed by atoms with E-state index >= 15 is 0 Å². The molecule has 2 aromatic carbocycles. The van der Waals surface area contributed by atoms with Gasteiger partial charge >= 0.3 is 0 Å². The summed E-state index contributed by atoms with van der Waals surface area (Å²) < 4.78 is 32.7. The lowest BCUT2D eigenvalue weighted by molar-refractivity contribution is 0.278. The third kappa shape index (κ3) is 4.15. The van der Waals surface area contributed by atoms with Crippen LogP contribution >= 0.6 is 11.6 Å².